The molecule has 0 radical (unpaired) electrons. The zero-order chi connectivity index (χ0) is 13.3. The highest BCUT2D eigenvalue weighted by molar-refractivity contribution is 5.42. The lowest BCUT2D eigenvalue weighted by molar-refractivity contribution is 0.382. The molecule has 1 N–H and O–H groups in total. The van der Waals surface area contributed by atoms with E-state index in [1.807, 2.05) is 11.6 Å². The Morgan fingerprint density at radius 1 is 1.22 bits per heavy atom. The van der Waals surface area contributed by atoms with Crippen LogP contribution in [0.2, 0.25) is 0 Å². The largest absolute Gasteiger partial charge is 0.317 e. The van der Waals surface area contributed by atoms with Gasteiger partial charge in [0.15, 0.2) is 5.65 Å². The third-order valence-corrected chi connectivity index (χ3v) is 3.60. The van der Waals surface area contributed by atoms with Gasteiger partial charge in [-0.1, -0.05) is 13.8 Å². The molecule has 0 aromatic carbocycles. The molecule has 2 heterocycles. The summed E-state index contributed by atoms with van der Waals surface area (Å²) in [5.41, 5.74) is 3.40. The van der Waals surface area contributed by atoms with Gasteiger partial charge in [0.05, 0.1) is 0 Å². The summed E-state index contributed by atoms with van der Waals surface area (Å²) in [6.45, 7) is 8.84. The highest BCUT2D eigenvalue weighted by Crippen LogP contribution is 2.28. The monoisotopic (exact) mass is 246 g/mol. The van der Waals surface area contributed by atoms with Crippen LogP contribution in [0.15, 0.2) is 18.5 Å². The van der Waals surface area contributed by atoms with Crippen molar-refractivity contribution in [1.82, 2.24) is 19.9 Å². The maximum absolute atomic E-state index is 4.36. The van der Waals surface area contributed by atoms with E-state index in [-0.39, 0.29) is 0 Å². The van der Waals surface area contributed by atoms with Crippen LogP contribution in [-0.4, -0.2) is 27.7 Å². The Morgan fingerprint density at radius 3 is 2.56 bits per heavy atom. The Balaban J connectivity index is 2.59. The molecule has 0 aliphatic rings. The number of rotatable bonds is 4. The number of nitrogens with zero attached hydrogens (tertiary/aromatic N) is 3. The molecule has 18 heavy (non-hydrogen) atoms. The van der Waals surface area contributed by atoms with Crippen molar-refractivity contribution in [3.63, 3.8) is 0 Å². The molecule has 0 fully saturated rings. The molecule has 98 valence electrons. The fourth-order valence-electron chi connectivity index (χ4n) is 2.68. The first-order valence-electron chi connectivity index (χ1n) is 6.52. The van der Waals surface area contributed by atoms with Crippen LogP contribution in [0.25, 0.3) is 5.65 Å². The van der Waals surface area contributed by atoms with Crippen molar-refractivity contribution in [2.45, 2.75) is 39.7 Å². The fraction of sp³-hybridized carbons (Fsp3) is 0.571. The Morgan fingerprint density at radius 2 is 1.94 bits per heavy atom. The van der Waals surface area contributed by atoms with Crippen molar-refractivity contribution in [2.24, 2.45) is 5.92 Å². The van der Waals surface area contributed by atoms with Gasteiger partial charge in [0.25, 0.3) is 0 Å². The van der Waals surface area contributed by atoms with Gasteiger partial charge < -0.3 is 5.32 Å². The van der Waals surface area contributed by atoms with Crippen molar-refractivity contribution in [1.29, 1.82) is 0 Å². The van der Waals surface area contributed by atoms with Crippen LogP contribution >= 0.6 is 0 Å². The first-order valence-corrected chi connectivity index (χ1v) is 6.52. The number of aryl methyl sites for hydroxylation is 1. The van der Waals surface area contributed by atoms with Crippen molar-refractivity contribution in [3.05, 3.63) is 29.7 Å². The molecular weight excluding hydrogens is 224 g/mol. The molecule has 0 amide bonds. The average molecular weight is 246 g/mol. The first-order chi connectivity index (χ1) is 8.54. The van der Waals surface area contributed by atoms with E-state index in [1.165, 1.54) is 11.3 Å². The van der Waals surface area contributed by atoms with E-state index in [2.05, 4.69) is 55.2 Å². The maximum atomic E-state index is 4.36. The quantitative estimate of drug-likeness (QED) is 0.900. The van der Waals surface area contributed by atoms with Gasteiger partial charge in [-0.15, -0.1) is 0 Å². The summed E-state index contributed by atoms with van der Waals surface area (Å²) in [5, 5.41) is 7.72. The Hall–Kier alpha value is -1.42. The van der Waals surface area contributed by atoms with E-state index in [9.17, 15) is 0 Å². The second kappa shape index (κ2) is 5.06. The third-order valence-electron chi connectivity index (χ3n) is 3.60. The van der Waals surface area contributed by atoms with E-state index in [1.54, 1.807) is 6.33 Å². The Kier molecular flexibility index (Phi) is 3.66. The summed E-state index contributed by atoms with van der Waals surface area (Å²) in [4.78, 5) is 4.30. The van der Waals surface area contributed by atoms with Gasteiger partial charge in [0.2, 0.25) is 0 Å². The molecule has 0 saturated heterocycles. The standard InChI is InChI=1S/C14H22N4/c1-9(2)14(11(4)15-5)12-6-10(3)7-13-16-8-17-18(12)13/h6-9,11,14-15H,1-5H3. The highest BCUT2D eigenvalue weighted by Gasteiger charge is 2.24. The predicted octanol–water partition coefficient (Wildman–Crippen LogP) is 2.39. The summed E-state index contributed by atoms with van der Waals surface area (Å²) >= 11 is 0. The SMILES string of the molecule is CNC(C)C(c1cc(C)cc2ncnn12)C(C)C. The van der Waals surface area contributed by atoms with E-state index in [4.69, 9.17) is 0 Å². The maximum Gasteiger partial charge on any atom is 0.155 e. The van der Waals surface area contributed by atoms with Crippen LogP contribution in [0.1, 0.15) is 37.9 Å². The minimum absolute atomic E-state index is 0.402. The molecule has 2 unspecified atom stereocenters. The molecule has 0 saturated carbocycles. The molecule has 2 aromatic heterocycles. The molecule has 4 nitrogen and oxygen atoms in total. The predicted molar refractivity (Wildman–Crippen MR) is 73.8 cm³/mol. The van der Waals surface area contributed by atoms with Gasteiger partial charge in [-0.25, -0.2) is 9.50 Å². The van der Waals surface area contributed by atoms with Crippen LogP contribution < -0.4 is 5.32 Å². The zero-order valence-corrected chi connectivity index (χ0v) is 11.8. The van der Waals surface area contributed by atoms with E-state index in [0.717, 1.165) is 5.65 Å². The molecule has 4 heteroatoms. The van der Waals surface area contributed by atoms with Gasteiger partial charge in [-0.05, 0) is 44.5 Å². The molecule has 0 aliphatic heterocycles. The van der Waals surface area contributed by atoms with Crippen LogP contribution in [0.4, 0.5) is 0 Å². The van der Waals surface area contributed by atoms with Gasteiger partial charge >= 0.3 is 0 Å². The lowest BCUT2D eigenvalue weighted by Gasteiger charge is -2.28. The summed E-state index contributed by atoms with van der Waals surface area (Å²) in [7, 11) is 2.01. The van der Waals surface area contributed by atoms with E-state index >= 15 is 0 Å². The average Bonchev–Trinajstić information content (AvgIpc) is 2.76. The van der Waals surface area contributed by atoms with Crippen LogP contribution in [-0.2, 0) is 0 Å². The molecule has 0 spiro atoms. The fourth-order valence-corrected chi connectivity index (χ4v) is 2.68. The van der Waals surface area contributed by atoms with Crippen LogP contribution in [0.3, 0.4) is 0 Å². The minimum atomic E-state index is 0.402. The van der Waals surface area contributed by atoms with Crippen molar-refractivity contribution < 1.29 is 0 Å². The number of hydrogen-bond acceptors (Lipinski definition) is 3. The topological polar surface area (TPSA) is 42.2 Å². The van der Waals surface area contributed by atoms with Gasteiger partial charge in [-0.2, -0.15) is 5.10 Å². The number of aromatic nitrogens is 3. The number of fused-ring (bicyclic) bond motifs is 1. The molecule has 2 aromatic rings. The molecule has 0 bridgehead atoms. The summed E-state index contributed by atoms with van der Waals surface area (Å²) < 4.78 is 1.96. The molecule has 2 atom stereocenters. The normalized spacial score (nSPS) is 15.2. The lowest BCUT2D eigenvalue weighted by atomic mass is 9.85. The van der Waals surface area contributed by atoms with E-state index < -0.39 is 0 Å². The second-order valence-corrected chi connectivity index (χ2v) is 5.33. The minimum Gasteiger partial charge on any atom is -0.317 e. The first kappa shape index (κ1) is 13.0. The lowest BCUT2D eigenvalue weighted by Crippen LogP contribution is -2.33. The second-order valence-electron chi connectivity index (χ2n) is 5.33. The van der Waals surface area contributed by atoms with Crippen molar-refractivity contribution in [2.75, 3.05) is 7.05 Å². The van der Waals surface area contributed by atoms with Crippen LogP contribution in [0, 0.1) is 12.8 Å². The van der Waals surface area contributed by atoms with Gasteiger partial charge in [0.1, 0.15) is 6.33 Å². The molecule has 0 aliphatic carbocycles. The summed E-state index contributed by atoms with van der Waals surface area (Å²) in [5.74, 6) is 0.959. The number of nitrogens with one attached hydrogen (secondary N) is 1. The molecular formula is C14H22N4. The summed E-state index contributed by atoms with van der Waals surface area (Å²) in [6.07, 6.45) is 1.62. The number of likely N-dealkylation sites (N-methyl/N-ethyl adjacent to an activating group) is 1. The van der Waals surface area contributed by atoms with Gasteiger partial charge in [-0.3, -0.25) is 0 Å². The van der Waals surface area contributed by atoms with E-state index in [0.29, 0.717) is 17.9 Å². The Bertz CT molecular complexity index is 530. The Labute approximate surface area is 108 Å². The number of hydrogen-bond donors (Lipinski definition) is 1. The van der Waals surface area contributed by atoms with Crippen molar-refractivity contribution in [3.8, 4) is 0 Å². The molecule has 2 rings (SSSR count). The summed E-state index contributed by atoms with van der Waals surface area (Å²) in [6, 6.07) is 4.69. The smallest absolute Gasteiger partial charge is 0.155 e. The highest BCUT2D eigenvalue weighted by atomic mass is 15.3. The van der Waals surface area contributed by atoms with Crippen molar-refractivity contribution >= 4 is 5.65 Å². The number of pyridine rings is 1. The van der Waals surface area contributed by atoms with Crippen LogP contribution in [0.5, 0.6) is 0 Å². The zero-order valence-electron chi connectivity index (χ0n) is 11.8. The third kappa shape index (κ3) is 2.25. The van der Waals surface area contributed by atoms with Gasteiger partial charge in [0, 0.05) is 17.7 Å².